The van der Waals surface area contributed by atoms with Crippen molar-refractivity contribution in [1.82, 2.24) is 0 Å². The van der Waals surface area contributed by atoms with E-state index in [0.717, 1.165) is 64.6 Å². The molecule has 0 aromatic carbocycles. The molecule has 9 aliphatic rings. The molecule has 126 valence electrons. The predicted molar refractivity (Wildman–Crippen MR) is 92.5 cm³/mol. The molecule has 0 amide bonds. The van der Waals surface area contributed by atoms with Crippen molar-refractivity contribution in [2.75, 3.05) is 0 Å². The molecule has 15 atom stereocenters. The Labute approximate surface area is 142 Å². The largest absolute Gasteiger partial charge is 0.0622 e. The minimum atomic E-state index is 0.820. The van der Waals surface area contributed by atoms with E-state index in [-0.39, 0.29) is 0 Å². The second-order valence-corrected chi connectivity index (χ2v) is 11.7. The topological polar surface area (TPSA) is 0 Å². The van der Waals surface area contributed by atoms with Crippen LogP contribution in [-0.2, 0) is 0 Å². The van der Waals surface area contributed by atoms with Crippen LogP contribution in [0.2, 0.25) is 0 Å². The number of rotatable bonds is 0. The fourth-order valence-electron chi connectivity index (χ4n) is 12.0. The number of hydrogen-bond acceptors (Lipinski definition) is 0. The van der Waals surface area contributed by atoms with E-state index in [9.17, 15) is 0 Å². The van der Waals surface area contributed by atoms with Crippen LogP contribution in [0, 0.1) is 88.3 Å². The Kier molecular flexibility index (Phi) is 2.06. The third-order valence-electron chi connectivity index (χ3n) is 12.1. The van der Waals surface area contributed by atoms with Crippen molar-refractivity contribution in [3.63, 3.8) is 0 Å². The predicted octanol–water partition coefficient (Wildman–Crippen LogP) is 5.33. The number of fused-ring (bicyclic) bond motifs is 3. The minimum Gasteiger partial charge on any atom is -0.0622 e. The van der Waals surface area contributed by atoms with Crippen LogP contribution < -0.4 is 0 Å². The van der Waals surface area contributed by atoms with E-state index in [2.05, 4.69) is 27.7 Å². The summed E-state index contributed by atoms with van der Waals surface area (Å²) in [6, 6.07) is 0. The van der Waals surface area contributed by atoms with Gasteiger partial charge in [-0.1, -0.05) is 27.7 Å². The molecule has 9 fully saturated rings. The van der Waals surface area contributed by atoms with Gasteiger partial charge in [0.05, 0.1) is 0 Å². The van der Waals surface area contributed by atoms with Crippen molar-refractivity contribution in [3.8, 4) is 0 Å². The molecule has 0 N–H and O–H groups in total. The summed E-state index contributed by atoms with van der Waals surface area (Å²) >= 11 is 0. The lowest BCUT2D eigenvalue weighted by Gasteiger charge is -2.70. The van der Waals surface area contributed by atoms with Gasteiger partial charge in [0, 0.05) is 0 Å². The Morgan fingerprint density at radius 1 is 0.652 bits per heavy atom. The molecule has 9 aliphatic carbocycles. The van der Waals surface area contributed by atoms with Crippen LogP contribution in [0.15, 0.2) is 0 Å². The van der Waals surface area contributed by atoms with E-state index >= 15 is 0 Å². The summed E-state index contributed by atoms with van der Waals surface area (Å²) in [5.41, 5.74) is 0.820. The van der Waals surface area contributed by atoms with Crippen LogP contribution in [0.3, 0.4) is 0 Å². The van der Waals surface area contributed by atoms with Gasteiger partial charge in [-0.3, -0.25) is 0 Å². The SMILES string of the molecule is CC1CC2C3C1CC1C4C(C)C5CC16C(C)C5CC(C)C6C3C24. The first-order chi connectivity index (χ1) is 11.1. The van der Waals surface area contributed by atoms with Gasteiger partial charge in [0.2, 0.25) is 0 Å². The third kappa shape index (κ3) is 1.06. The first kappa shape index (κ1) is 13.2. The molecule has 0 radical (unpaired) electrons. The van der Waals surface area contributed by atoms with Crippen LogP contribution >= 0.6 is 0 Å². The quantitative estimate of drug-likeness (QED) is 0.567. The molecular formula is C23H34. The van der Waals surface area contributed by atoms with Crippen molar-refractivity contribution in [2.24, 2.45) is 88.3 Å². The Hall–Kier alpha value is 0. The van der Waals surface area contributed by atoms with Crippen molar-refractivity contribution in [1.29, 1.82) is 0 Å². The maximum Gasteiger partial charge on any atom is -0.0201 e. The molecule has 0 nitrogen and oxygen atoms in total. The van der Waals surface area contributed by atoms with E-state index in [0.29, 0.717) is 0 Å². The van der Waals surface area contributed by atoms with Crippen LogP contribution in [-0.4, -0.2) is 0 Å². The van der Waals surface area contributed by atoms with E-state index in [4.69, 9.17) is 0 Å². The second-order valence-electron chi connectivity index (χ2n) is 11.7. The van der Waals surface area contributed by atoms with E-state index in [1.165, 1.54) is 23.7 Å². The lowest BCUT2D eigenvalue weighted by Crippen LogP contribution is -2.66. The highest BCUT2D eigenvalue weighted by Crippen LogP contribution is 2.86. The molecule has 10 bridgehead atoms. The highest BCUT2D eigenvalue weighted by Gasteiger charge is 2.81. The minimum absolute atomic E-state index is 0.820. The molecule has 0 heteroatoms. The lowest BCUT2D eigenvalue weighted by atomic mass is 9.34. The summed E-state index contributed by atoms with van der Waals surface area (Å²) in [5.74, 6) is 15.8. The Morgan fingerprint density at radius 2 is 1.43 bits per heavy atom. The maximum atomic E-state index is 2.73. The first-order valence-corrected chi connectivity index (χ1v) is 11.1. The Balaban J connectivity index is 1.51. The molecule has 0 heterocycles. The van der Waals surface area contributed by atoms with Gasteiger partial charge in [-0.05, 0) is 114 Å². The average molecular weight is 311 g/mol. The van der Waals surface area contributed by atoms with Crippen molar-refractivity contribution in [2.45, 2.75) is 53.4 Å². The Bertz CT molecular complexity index is 593. The molecule has 9 saturated carbocycles. The number of hydrogen-bond donors (Lipinski definition) is 0. The van der Waals surface area contributed by atoms with Crippen molar-refractivity contribution >= 4 is 0 Å². The molecule has 1 spiro atoms. The van der Waals surface area contributed by atoms with Crippen LogP contribution in [0.5, 0.6) is 0 Å². The fourth-order valence-corrected chi connectivity index (χ4v) is 12.0. The Morgan fingerprint density at radius 3 is 2.26 bits per heavy atom. The zero-order valence-electron chi connectivity index (χ0n) is 15.4. The van der Waals surface area contributed by atoms with E-state index < -0.39 is 0 Å². The molecule has 23 heavy (non-hydrogen) atoms. The zero-order chi connectivity index (χ0) is 15.4. The summed E-state index contributed by atoms with van der Waals surface area (Å²) in [7, 11) is 0. The van der Waals surface area contributed by atoms with Gasteiger partial charge >= 0.3 is 0 Å². The van der Waals surface area contributed by atoms with Gasteiger partial charge in [-0.15, -0.1) is 0 Å². The monoisotopic (exact) mass is 310 g/mol. The van der Waals surface area contributed by atoms with Crippen molar-refractivity contribution < 1.29 is 0 Å². The molecular weight excluding hydrogens is 276 g/mol. The lowest BCUT2D eigenvalue weighted by molar-refractivity contribution is -0.231. The summed E-state index contributed by atoms with van der Waals surface area (Å²) in [6.07, 6.45) is 6.54. The maximum absolute atomic E-state index is 2.73. The third-order valence-corrected chi connectivity index (χ3v) is 12.1. The van der Waals surface area contributed by atoms with Gasteiger partial charge < -0.3 is 0 Å². The van der Waals surface area contributed by atoms with Crippen LogP contribution in [0.4, 0.5) is 0 Å². The summed E-state index contributed by atoms with van der Waals surface area (Å²) < 4.78 is 0. The highest BCUT2D eigenvalue weighted by atomic mass is 14.9. The highest BCUT2D eigenvalue weighted by molar-refractivity contribution is 5.28. The van der Waals surface area contributed by atoms with Gasteiger partial charge in [0.15, 0.2) is 0 Å². The van der Waals surface area contributed by atoms with Gasteiger partial charge in [0.25, 0.3) is 0 Å². The summed E-state index contributed by atoms with van der Waals surface area (Å²) in [5, 5.41) is 0. The average Bonchev–Trinajstić information content (AvgIpc) is 2.74. The van der Waals surface area contributed by atoms with Gasteiger partial charge in [-0.25, -0.2) is 0 Å². The second kappa shape index (κ2) is 3.59. The molecule has 9 rings (SSSR count). The summed E-state index contributed by atoms with van der Waals surface area (Å²) in [4.78, 5) is 0. The molecule has 0 aromatic heterocycles. The molecule has 0 aliphatic heterocycles. The molecule has 15 unspecified atom stereocenters. The smallest absolute Gasteiger partial charge is 0.0201 e. The standard InChI is InChI=1S/C23H34/c1-9-5-15-19-13(9)7-17-18-11(3)16-8-23(17)12(4)14(16)6-10(2)22(23)21(19)20(15)18/h9-22H,5-8H2,1-4H3. The van der Waals surface area contributed by atoms with Gasteiger partial charge in [0.1, 0.15) is 0 Å². The van der Waals surface area contributed by atoms with Crippen LogP contribution in [0.25, 0.3) is 0 Å². The van der Waals surface area contributed by atoms with E-state index in [1.807, 2.05) is 0 Å². The first-order valence-electron chi connectivity index (χ1n) is 11.1. The van der Waals surface area contributed by atoms with E-state index in [1.54, 1.807) is 25.7 Å². The summed E-state index contributed by atoms with van der Waals surface area (Å²) in [6.45, 7) is 10.8. The van der Waals surface area contributed by atoms with Gasteiger partial charge in [-0.2, -0.15) is 0 Å². The molecule has 0 aromatic rings. The van der Waals surface area contributed by atoms with Crippen molar-refractivity contribution in [3.05, 3.63) is 0 Å². The molecule has 0 saturated heterocycles. The zero-order valence-corrected chi connectivity index (χ0v) is 15.4. The normalized spacial score (nSPS) is 78.8. The fraction of sp³-hybridized carbons (Fsp3) is 1.00. The van der Waals surface area contributed by atoms with Crippen LogP contribution in [0.1, 0.15) is 53.4 Å².